The van der Waals surface area contributed by atoms with Gasteiger partial charge in [0.1, 0.15) is 5.82 Å². The third-order valence-corrected chi connectivity index (χ3v) is 4.65. The van der Waals surface area contributed by atoms with Crippen molar-refractivity contribution in [1.82, 2.24) is 10.2 Å². The predicted octanol–water partition coefficient (Wildman–Crippen LogP) is 3.44. The molecule has 2 aromatic carbocycles. The van der Waals surface area contributed by atoms with Crippen LogP contribution < -0.4 is 5.32 Å². The molecule has 0 fully saturated rings. The van der Waals surface area contributed by atoms with Crippen molar-refractivity contribution >= 4 is 12.0 Å². The van der Waals surface area contributed by atoms with Crippen molar-refractivity contribution in [2.75, 3.05) is 14.2 Å². The number of rotatable bonds is 4. The molecule has 5 nitrogen and oxygen atoms in total. The number of carbonyl (C=O) groups excluding carboxylic acids is 2. The smallest absolute Gasteiger partial charge is 0.337 e. The third-order valence-electron chi connectivity index (χ3n) is 4.65. The number of nitrogens with zero attached hydrogens (tertiary/aromatic N) is 1. The van der Waals surface area contributed by atoms with E-state index in [1.165, 1.54) is 13.2 Å². The first kappa shape index (κ1) is 17.9. The van der Waals surface area contributed by atoms with Gasteiger partial charge in [-0.15, -0.1) is 0 Å². The van der Waals surface area contributed by atoms with Gasteiger partial charge in [-0.1, -0.05) is 24.3 Å². The second-order valence-corrected chi connectivity index (χ2v) is 6.39. The SMILES string of the molecule is COC(=O)c1ccc(CN(C)C(=O)NC2CCc3c(F)cccc32)cc1. The lowest BCUT2D eigenvalue weighted by atomic mass is 10.1. The molecule has 0 bridgehead atoms. The lowest BCUT2D eigenvalue weighted by Gasteiger charge is -2.22. The molecule has 26 heavy (non-hydrogen) atoms. The van der Waals surface area contributed by atoms with Crippen molar-refractivity contribution in [2.24, 2.45) is 0 Å². The highest BCUT2D eigenvalue weighted by atomic mass is 19.1. The van der Waals surface area contributed by atoms with Crippen LogP contribution in [0.25, 0.3) is 0 Å². The molecule has 2 amide bonds. The second-order valence-electron chi connectivity index (χ2n) is 6.39. The van der Waals surface area contributed by atoms with E-state index >= 15 is 0 Å². The van der Waals surface area contributed by atoms with Crippen LogP contribution in [-0.2, 0) is 17.7 Å². The van der Waals surface area contributed by atoms with Gasteiger partial charge < -0.3 is 15.0 Å². The first-order chi connectivity index (χ1) is 12.5. The molecule has 6 heteroatoms. The van der Waals surface area contributed by atoms with Gasteiger partial charge in [0, 0.05) is 13.6 Å². The third kappa shape index (κ3) is 3.69. The van der Waals surface area contributed by atoms with Crippen LogP contribution in [-0.4, -0.2) is 31.1 Å². The summed E-state index contributed by atoms with van der Waals surface area (Å²) < 4.78 is 18.5. The van der Waals surface area contributed by atoms with E-state index in [9.17, 15) is 14.0 Å². The largest absolute Gasteiger partial charge is 0.465 e. The van der Waals surface area contributed by atoms with Crippen LogP contribution in [0.2, 0.25) is 0 Å². The lowest BCUT2D eigenvalue weighted by Crippen LogP contribution is -2.38. The number of hydrogen-bond acceptors (Lipinski definition) is 3. The number of carbonyl (C=O) groups is 2. The van der Waals surface area contributed by atoms with Gasteiger partial charge in [0.25, 0.3) is 0 Å². The monoisotopic (exact) mass is 356 g/mol. The fraction of sp³-hybridized carbons (Fsp3) is 0.300. The normalized spacial score (nSPS) is 15.3. The van der Waals surface area contributed by atoms with Gasteiger partial charge in [0.15, 0.2) is 0 Å². The number of methoxy groups -OCH3 is 1. The zero-order chi connectivity index (χ0) is 18.7. The molecule has 0 aromatic heterocycles. The molecule has 1 aliphatic rings. The van der Waals surface area contributed by atoms with E-state index in [-0.39, 0.29) is 17.9 Å². The Morgan fingerprint density at radius 2 is 1.96 bits per heavy atom. The maximum Gasteiger partial charge on any atom is 0.337 e. The predicted molar refractivity (Wildman–Crippen MR) is 95.2 cm³/mol. The highest BCUT2D eigenvalue weighted by Gasteiger charge is 2.26. The minimum Gasteiger partial charge on any atom is -0.465 e. The van der Waals surface area contributed by atoms with Gasteiger partial charge in [-0.3, -0.25) is 0 Å². The molecule has 1 N–H and O–H groups in total. The van der Waals surface area contributed by atoms with Crippen LogP contribution in [0.3, 0.4) is 0 Å². The first-order valence-electron chi connectivity index (χ1n) is 8.45. The van der Waals surface area contributed by atoms with Crippen molar-refractivity contribution < 1.29 is 18.7 Å². The Morgan fingerprint density at radius 1 is 1.23 bits per heavy atom. The molecule has 1 atom stereocenters. The van der Waals surface area contributed by atoms with Crippen LogP contribution in [0.15, 0.2) is 42.5 Å². The van der Waals surface area contributed by atoms with Crippen LogP contribution in [0.4, 0.5) is 9.18 Å². The van der Waals surface area contributed by atoms with Gasteiger partial charge in [0.2, 0.25) is 0 Å². The van der Waals surface area contributed by atoms with Crippen LogP contribution >= 0.6 is 0 Å². The van der Waals surface area contributed by atoms with Crippen molar-refractivity contribution in [3.05, 3.63) is 70.5 Å². The fourth-order valence-electron chi connectivity index (χ4n) is 3.23. The number of urea groups is 1. The molecular formula is C20H21FN2O3. The standard InChI is InChI=1S/C20H21FN2O3/c1-23(12-13-6-8-14(9-7-13)19(24)26-2)20(25)22-18-11-10-15-16(18)4-3-5-17(15)21/h3-9,18H,10-12H2,1-2H3,(H,22,25). The minimum absolute atomic E-state index is 0.169. The Hall–Kier alpha value is -2.89. The lowest BCUT2D eigenvalue weighted by molar-refractivity contribution is 0.0600. The maximum atomic E-state index is 13.8. The zero-order valence-electron chi connectivity index (χ0n) is 14.8. The van der Waals surface area contributed by atoms with Gasteiger partial charge in [-0.25, -0.2) is 14.0 Å². The number of hydrogen-bond donors (Lipinski definition) is 1. The minimum atomic E-state index is -0.394. The molecule has 1 unspecified atom stereocenters. The number of nitrogens with one attached hydrogen (secondary N) is 1. The van der Waals surface area contributed by atoms with Crippen molar-refractivity contribution in [3.63, 3.8) is 0 Å². The summed E-state index contributed by atoms with van der Waals surface area (Å²) in [5, 5.41) is 2.97. The summed E-state index contributed by atoms with van der Waals surface area (Å²) >= 11 is 0. The average molecular weight is 356 g/mol. The summed E-state index contributed by atoms with van der Waals surface area (Å²) in [5.41, 5.74) is 2.91. The molecule has 0 radical (unpaired) electrons. The fourth-order valence-corrected chi connectivity index (χ4v) is 3.23. The maximum absolute atomic E-state index is 13.8. The van der Waals surface area contributed by atoms with Crippen LogP contribution in [0, 0.1) is 5.82 Å². The summed E-state index contributed by atoms with van der Waals surface area (Å²) in [5.74, 6) is -0.604. The van der Waals surface area contributed by atoms with E-state index in [1.807, 2.05) is 6.07 Å². The quantitative estimate of drug-likeness (QED) is 0.854. The Kier molecular flexibility index (Phi) is 5.21. The Morgan fingerprint density at radius 3 is 2.65 bits per heavy atom. The first-order valence-corrected chi connectivity index (χ1v) is 8.45. The van der Waals surface area contributed by atoms with E-state index < -0.39 is 5.97 Å². The second kappa shape index (κ2) is 7.56. The molecule has 0 heterocycles. The Bertz CT molecular complexity index is 820. The topological polar surface area (TPSA) is 58.6 Å². The Balaban J connectivity index is 1.61. The van der Waals surface area contributed by atoms with E-state index in [1.54, 1.807) is 42.3 Å². The van der Waals surface area contributed by atoms with Crippen LogP contribution in [0.1, 0.15) is 39.5 Å². The van der Waals surface area contributed by atoms with Crippen LogP contribution in [0.5, 0.6) is 0 Å². The molecule has 136 valence electrons. The molecule has 1 aliphatic carbocycles. The number of benzene rings is 2. The summed E-state index contributed by atoms with van der Waals surface area (Å²) in [7, 11) is 3.03. The van der Waals surface area contributed by atoms with Gasteiger partial charge in [0.05, 0.1) is 18.7 Å². The molecule has 3 rings (SSSR count). The summed E-state index contributed by atoms with van der Waals surface area (Å²) in [6.45, 7) is 0.399. The number of fused-ring (bicyclic) bond motifs is 1. The highest BCUT2D eigenvalue weighted by molar-refractivity contribution is 5.89. The number of halogens is 1. The zero-order valence-corrected chi connectivity index (χ0v) is 14.8. The molecule has 0 saturated heterocycles. The van der Waals surface area contributed by atoms with E-state index in [0.717, 1.165) is 11.1 Å². The molecule has 0 aliphatic heterocycles. The molecular weight excluding hydrogens is 335 g/mol. The molecule has 0 saturated carbocycles. The van der Waals surface area contributed by atoms with Gasteiger partial charge >= 0.3 is 12.0 Å². The van der Waals surface area contributed by atoms with E-state index in [0.29, 0.717) is 30.5 Å². The Labute approximate surface area is 151 Å². The molecule has 2 aromatic rings. The van der Waals surface area contributed by atoms with Gasteiger partial charge in [-0.05, 0) is 47.7 Å². The van der Waals surface area contributed by atoms with E-state index in [4.69, 9.17) is 0 Å². The van der Waals surface area contributed by atoms with E-state index in [2.05, 4.69) is 10.1 Å². The van der Waals surface area contributed by atoms with Crippen molar-refractivity contribution in [1.29, 1.82) is 0 Å². The van der Waals surface area contributed by atoms with Gasteiger partial charge in [-0.2, -0.15) is 0 Å². The van der Waals surface area contributed by atoms with Crippen molar-refractivity contribution in [2.45, 2.75) is 25.4 Å². The number of amides is 2. The molecule has 0 spiro atoms. The number of esters is 1. The number of ether oxygens (including phenoxy) is 1. The average Bonchev–Trinajstić information content (AvgIpc) is 3.06. The highest BCUT2D eigenvalue weighted by Crippen LogP contribution is 2.32. The summed E-state index contributed by atoms with van der Waals surface area (Å²) in [6, 6.07) is 11.5. The summed E-state index contributed by atoms with van der Waals surface area (Å²) in [6.07, 6.45) is 1.33. The summed E-state index contributed by atoms with van der Waals surface area (Å²) in [4.78, 5) is 25.5. The van der Waals surface area contributed by atoms with Crippen molar-refractivity contribution in [3.8, 4) is 0 Å².